The first-order chi connectivity index (χ1) is 8.14. The first-order valence-electron chi connectivity index (χ1n) is 6.16. The van der Waals surface area contributed by atoms with E-state index in [2.05, 4.69) is 0 Å². The summed E-state index contributed by atoms with van der Waals surface area (Å²) in [5.41, 5.74) is 2.70. The van der Waals surface area contributed by atoms with Crippen LogP contribution in [-0.4, -0.2) is 20.0 Å². The molecule has 2 unspecified atom stereocenters. The van der Waals surface area contributed by atoms with E-state index in [0.29, 0.717) is 5.56 Å². The van der Waals surface area contributed by atoms with Gasteiger partial charge in [0.2, 0.25) is 0 Å². The molecule has 1 aromatic carbocycles. The predicted octanol–water partition coefficient (Wildman–Crippen LogP) is 3.42. The van der Waals surface area contributed by atoms with Crippen LogP contribution in [0.2, 0.25) is 0 Å². The van der Waals surface area contributed by atoms with Gasteiger partial charge in [0, 0.05) is 21.1 Å². The summed E-state index contributed by atoms with van der Waals surface area (Å²) in [6, 6.07) is 5.81. The number of carbonyl (C=O) groups excluding carboxylic acids is 1. The average molecular weight is 266 g/mol. The van der Waals surface area contributed by atoms with Crippen LogP contribution in [0.3, 0.4) is 0 Å². The summed E-state index contributed by atoms with van der Waals surface area (Å²) in [6.45, 7) is 11.3. The van der Waals surface area contributed by atoms with Gasteiger partial charge in [0.05, 0.1) is 5.25 Å². The summed E-state index contributed by atoms with van der Waals surface area (Å²) in [5, 5.41) is -0.467. The summed E-state index contributed by atoms with van der Waals surface area (Å²) in [5.74, 6) is -0.0236. The highest BCUT2D eigenvalue weighted by Crippen LogP contribution is 2.21. The molecule has 18 heavy (non-hydrogen) atoms. The molecule has 0 bridgehead atoms. The smallest absolute Gasteiger partial charge is 0.178 e. The van der Waals surface area contributed by atoms with Gasteiger partial charge in [0.1, 0.15) is 0 Å². The van der Waals surface area contributed by atoms with Gasteiger partial charge in [0.15, 0.2) is 5.78 Å². The third-order valence-corrected chi connectivity index (χ3v) is 5.02. The first-order valence-corrected chi connectivity index (χ1v) is 7.38. The molecule has 0 radical (unpaired) electrons. The number of aryl methyl sites for hydroxylation is 2. The fourth-order valence-electron chi connectivity index (χ4n) is 1.85. The molecule has 3 heteroatoms. The second kappa shape index (κ2) is 5.35. The maximum atomic E-state index is 12.4. The van der Waals surface area contributed by atoms with Gasteiger partial charge in [-0.1, -0.05) is 17.7 Å². The van der Waals surface area contributed by atoms with Crippen molar-refractivity contribution in [2.75, 3.05) is 0 Å². The maximum absolute atomic E-state index is 12.4. The van der Waals surface area contributed by atoms with E-state index in [0.717, 1.165) is 11.1 Å². The van der Waals surface area contributed by atoms with E-state index >= 15 is 0 Å². The number of carbonyl (C=O) groups is 1. The van der Waals surface area contributed by atoms with Gasteiger partial charge < -0.3 is 0 Å². The Morgan fingerprint density at radius 3 is 2.28 bits per heavy atom. The Kier molecular flexibility index (Phi) is 4.49. The van der Waals surface area contributed by atoms with Crippen LogP contribution in [0.1, 0.15) is 49.2 Å². The molecular weight excluding hydrogens is 244 g/mol. The molecule has 0 heterocycles. The van der Waals surface area contributed by atoms with Crippen LogP contribution in [0.4, 0.5) is 0 Å². The molecule has 0 spiro atoms. The molecule has 0 aliphatic rings. The molecule has 0 aliphatic carbocycles. The van der Waals surface area contributed by atoms with Crippen LogP contribution in [0, 0.1) is 13.8 Å². The molecule has 1 aromatic rings. The average Bonchev–Trinajstić information content (AvgIpc) is 2.28. The van der Waals surface area contributed by atoms with Crippen LogP contribution in [0.15, 0.2) is 18.2 Å². The lowest BCUT2D eigenvalue weighted by Crippen LogP contribution is -2.35. The van der Waals surface area contributed by atoms with Crippen molar-refractivity contribution in [3.05, 3.63) is 34.9 Å². The molecular formula is C15H22O2S. The standard InChI is InChI=1S/C15H22O2S/c1-10-7-8-11(2)13(9-10)14(16)12(3)18(17)15(4,5)6/h7-9,12H,1-6H3. The third-order valence-electron chi connectivity index (χ3n) is 2.95. The minimum absolute atomic E-state index is 0.0236. The van der Waals surface area contributed by atoms with E-state index in [9.17, 15) is 9.00 Å². The van der Waals surface area contributed by atoms with Crippen molar-refractivity contribution in [3.8, 4) is 0 Å². The topological polar surface area (TPSA) is 34.1 Å². The van der Waals surface area contributed by atoms with Gasteiger partial charge in [-0.2, -0.15) is 0 Å². The lowest BCUT2D eigenvalue weighted by atomic mass is 10.0. The number of hydrogen-bond donors (Lipinski definition) is 0. The summed E-state index contributed by atoms with van der Waals surface area (Å²) in [7, 11) is -1.18. The van der Waals surface area contributed by atoms with E-state index in [4.69, 9.17) is 0 Å². The molecule has 0 fully saturated rings. The quantitative estimate of drug-likeness (QED) is 0.786. The van der Waals surface area contributed by atoms with Gasteiger partial charge in [0.25, 0.3) is 0 Å². The van der Waals surface area contributed by atoms with Gasteiger partial charge in [-0.05, 0) is 53.2 Å². The highest BCUT2D eigenvalue weighted by atomic mass is 32.2. The lowest BCUT2D eigenvalue weighted by Gasteiger charge is -2.22. The van der Waals surface area contributed by atoms with Crippen molar-refractivity contribution in [2.24, 2.45) is 0 Å². The fraction of sp³-hybridized carbons (Fsp3) is 0.533. The maximum Gasteiger partial charge on any atom is 0.178 e. The second-order valence-corrected chi connectivity index (χ2v) is 8.26. The molecule has 1 rings (SSSR count). The zero-order valence-corrected chi connectivity index (χ0v) is 12.9. The van der Waals surface area contributed by atoms with Crippen LogP contribution in [0.25, 0.3) is 0 Å². The molecule has 0 saturated heterocycles. The van der Waals surface area contributed by atoms with Crippen LogP contribution in [0.5, 0.6) is 0 Å². The molecule has 0 aromatic heterocycles. The molecule has 2 nitrogen and oxygen atoms in total. The Bertz CT molecular complexity index is 484. The van der Waals surface area contributed by atoms with Crippen molar-refractivity contribution in [1.29, 1.82) is 0 Å². The molecule has 0 aliphatic heterocycles. The van der Waals surface area contributed by atoms with Crippen LogP contribution >= 0.6 is 0 Å². The third kappa shape index (κ3) is 3.29. The molecule has 0 saturated carbocycles. The zero-order chi connectivity index (χ0) is 14.1. The highest BCUT2D eigenvalue weighted by Gasteiger charge is 2.30. The first kappa shape index (κ1) is 15.1. The SMILES string of the molecule is Cc1ccc(C)c(C(=O)C(C)S(=O)C(C)(C)C)c1. The minimum atomic E-state index is -1.18. The van der Waals surface area contributed by atoms with Gasteiger partial charge >= 0.3 is 0 Å². The van der Waals surface area contributed by atoms with Crippen molar-refractivity contribution in [2.45, 2.75) is 51.5 Å². The highest BCUT2D eigenvalue weighted by molar-refractivity contribution is 7.87. The van der Waals surface area contributed by atoms with Crippen molar-refractivity contribution >= 4 is 16.6 Å². The predicted molar refractivity (Wildman–Crippen MR) is 77.6 cm³/mol. The van der Waals surface area contributed by atoms with Gasteiger partial charge in [-0.25, -0.2) is 0 Å². The van der Waals surface area contributed by atoms with E-state index in [-0.39, 0.29) is 10.5 Å². The number of benzene rings is 1. The van der Waals surface area contributed by atoms with E-state index in [1.807, 2.05) is 52.8 Å². The number of rotatable bonds is 3. The Morgan fingerprint density at radius 1 is 1.22 bits per heavy atom. The largest absolute Gasteiger partial charge is 0.293 e. The normalized spacial score (nSPS) is 15.2. The molecule has 0 amide bonds. The Hall–Kier alpha value is -0.960. The van der Waals surface area contributed by atoms with Crippen LogP contribution < -0.4 is 0 Å². The van der Waals surface area contributed by atoms with Gasteiger partial charge in [-0.3, -0.25) is 9.00 Å². The van der Waals surface area contributed by atoms with E-state index in [1.54, 1.807) is 6.92 Å². The Morgan fingerprint density at radius 2 is 1.78 bits per heavy atom. The molecule has 2 atom stereocenters. The summed E-state index contributed by atoms with van der Waals surface area (Å²) >= 11 is 0. The van der Waals surface area contributed by atoms with Crippen molar-refractivity contribution < 1.29 is 9.00 Å². The fourth-order valence-corrected chi connectivity index (χ4v) is 3.23. The van der Waals surface area contributed by atoms with Gasteiger partial charge in [-0.15, -0.1) is 0 Å². The van der Waals surface area contributed by atoms with Crippen molar-refractivity contribution in [1.82, 2.24) is 0 Å². The summed E-state index contributed by atoms with van der Waals surface area (Å²) < 4.78 is 11.9. The number of hydrogen-bond acceptors (Lipinski definition) is 2. The zero-order valence-electron chi connectivity index (χ0n) is 12.0. The van der Waals surface area contributed by atoms with E-state index in [1.165, 1.54) is 0 Å². The Labute approximate surface area is 112 Å². The molecule has 0 N–H and O–H groups in total. The summed E-state index contributed by atoms with van der Waals surface area (Å²) in [4.78, 5) is 12.4. The van der Waals surface area contributed by atoms with Crippen molar-refractivity contribution in [3.63, 3.8) is 0 Å². The summed E-state index contributed by atoms with van der Waals surface area (Å²) in [6.07, 6.45) is 0. The monoisotopic (exact) mass is 266 g/mol. The van der Waals surface area contributed by atoms with Crippen LogP contribution in [-0.2, 0) is 10.8 Å². The second-order valence-electron chi connectivity index (χ2n) is 5.73. The Balaban J connectivity index is 3.08. The lowest BCUT2D eigenvalue weighted by molar-refractivity contribution is 0.0991. The molecule has 100 valence electrons. The number of Topliss-reactive ketones (excluding diaryl/α,β-unsaturated/α-hetero) is 1. The minimum Gasteiger partial charge on any atom is -0.293 e. The number of ketones is 1. The van der Waals surface area contributed by atoms with E-state index < -0.39 is 16.0 Å².